The zero-order chi connectivity index (χ0) is 20.1. The molecule has 0 spiro atoms. The van der Waals surface area contributed by atoms with Crippen molar-refractivity contribution >= 4 is 23.3 Å². The minimum Gasteiger partial charge on any atom is -0.352 e. The van der Waals surface area contributed by atoms with Gasteiger partial charge in [-0.1, -0.05) is 29.8 Å². The van der Waals surface area contributed by atoms with Crippen LogP contribution in [-0.2, 0) is 6.42 Å². The molecule has 0 aliphatic rings. The van der Waals surface area contributed by atoms with E-state index in [0.717, 1.165) is 4.57 Å². The smallest absolute Gasteiger partial charge is 0.319 e. The molecule has 3 rings (SSSR count). The zero-order valence-electron chi connectivity index (χ0n) is 14.6. The quantitative estimate of drug-likeness (QED) is 0.603. The van der Waals surface area contributed by atoms with E-state index in [4.69, 9.17) is 11.6 Å². The first kappa shape index (κ1) is 19.7. The van der Waals surface area contributed by atoms with Gasteiger partial charge in [0.25, 0.3) is 5.91 Å². The van der Waals surface area contributed by atoms with Crippen molar-refractivity contribution in [3.63, 3.8) is 0 Å². The normalized spacial score (nSPS) is 10.9. The summed E-state index contributed by atoms with van der Waals surface area (Å²) in [5.41, 5.74) is 0.861. The summed E-state index contributed by atoms with van der Waals surface area (Å²) in [5.74, 6) is -0.607. The highest BCUT2D eigenvalue weighted by atomic mass is 35.5. The Balaban J connectivity index is 1.71. The number of nitrogens with one attached hydrogen (secondary N) is 1. The number of alkyl halides is 2. The van der Waals surface area contributed by atoms with Gasteiger partial charge in [0.1, 0.15) is 5.82 Å². The monoisotopic (exact) mass is 403 g/mol. The van der Waals surface area contributed by atoms with Gasteiger partial charge in [-0.2, -0.15) is 8.78 Å². The van der Waals surface area contributed by atoms with Crippen molar-refractivity contribution in [1.29, 1.82) is 0 Å². The number of aromatic nitrogens is 2. The van der Waals surface area contributed by atoms with Crippen molar-refractivity contribution in [1.82, 2.24) is 14.9 Å². The Kier molecular flexibility index (Phi) is 6.16. The third kappa shape index (κ3) is 4.43. The molecule has 0 radical (unpaired) electrons. The number of hydrogen-bond donors (Lipinski definition) is 1. The summed E-state index contributed by atoms with van der Waals surface area (Å²) < 4.78 is 26.4. The predicted octanol–water partition coefficient (Wildman–Crippen LogP) is 4.14. The van der Waals surface area contributed by atoms with Crippen molar-refractivity contribution in [2.45, 2.75) is 13.0 Å². The maximum atomic E-state index is 12.8. The molecular weight excluding hydrogens is 388 g/mol. The molecule has 0 saturated carbocycles. The second-order valence-corrected chi connectivity index (χ2v) is 6.35. The Bertz CT molecular complexity index is 987. The Morgan fingerprint density at radius 2 is 1.75 bits per heavy atom. The van der Waals surface area contributed by atoms with Crippen LogP contribution in [0.5, 0.6) is 0 Å². The molecule has 1 N–H and O–H groups in total. The van der Waals surface area contributed by atoms with Crippen LogP contribution in [0.2, 0.25) is 5.02 Å². The summed E-state index contributed by atoms with van der Waals surface area (Å²) in [6.07, 6.45) is 2.60. The van der Waals surface area contributed by atoms with Gasteiger partial charge in [0, 0.05) is 41.5 Å². The minimum atomic E-state index is -2.69. The largest absolute Gasteiger partial charge is 0.352 e. The van der Waals surface area contributed by atoms with Crippen molar-refractivity contribution < 1.29 is 18.4 Å². The molecule has 8 heteroatoms. The molecule has 1 amide bonds. The first-order chi connectivity index (χ1) is 13.5. The number of carbonyl (C=O) groups is 2. The number of ketones is 1. The number of amides is 1. The molecule has 0 saturated heterocycles. The number of hydrogen-bond acceptors (Lipinski definition) is 3. The zero-order valence-corrected chi connectivity index (χ0v) is 15.4. The number of halogens is 3. The van der Waals surface area contributed by atoms with Crippen LogP contribution in [0.3, 0.4) is 0 Å². The van der Waals surface area contributed by atoms with Crippen LogP contribution in [0.15, 0.2) is 60.9 Å². The summed E-state index contributed by atoms with van der Waals surface area (Å²) in [5, 5.41) is 3.15. The van der Waals surface area contributed by atoms with E-state index >= 15 is 0 Å². The van der Waals surface area contributed by atoms with Crippen LogP contribution in [0, 0.1) is 0 Å². The highest BCUT2D eigenvalue weighted by Gasteiger charge is 2.18. The van der Waals surface area contributed by atoms with E-state index in [1.165, 1.54) is 12.4 Å². The molecule has 3 aromatic rings. The highest BCUT2D eigenvalue weighted by Crippen LogP contribution is 2.17. The molecular formula is C20H16ClF2N3O2. The second kappa shape index (κ2) is 8.75. The summed E-state index contributed by atoms with van der Waals surface area (Å²) in [6, 6.07) is 12.8. The van der Waals surface area contributed by atoms with Crippen LogP contribution < -0.4 is 5.32 Å². The predicted molar refractivity (Wildman–Crippen MR) is 101 cm³/mol. The second-order valence-electron chi connectivity index (χ2n) is 5.92. The summed E-state index contributed by atoms with van der Waals surface area (Å²) >= 11 is 5.85. The molecule has 144 valence electrons. The van der Waals surface area contributed by atoms with Gasteiger partial charge < -0.3 is 5.32 Å². The number of imidazole rings is 1. The van der Waals surface area contributed by atoms with Gasteiger partial charge in [-0.15, -0.1) is 0 Å². The van der Waals surface area contributed by atoms with E-state index in [1.807, 2.05) is 0 Å². The summed E-state index contributed by atoms with van der Waals surface area (Å²) in [6.45, 7) is -2.59. The van der Waals surface area contributed by atoms with E-state index in [-0.39, 0.29) is 35.7 Å². The minimum absolute atomic E-state index is 0.103. The van der Waals surface area contributed by atoms with E-state index in [2.05, 4.69) is 10.3 Å². The molecule has 0 fully saturated rings. The lowest BCUT2D eigenvalue weighted by Gasteiger charge is -2.10. The van der Waals surface area contributed by atoms with Crippen molar-refractivity contribution in [3.8, 4) is 0 Å². The maximum Gasteiger partial charge on any atom is 0.319 e. The van der Waals surface area contributed by atoms with E-state index in [9.17, 15) is 18.4 Å². The van der Waals surface area contributed by atoms with Gasteiger partial charge in [-0.3, -0.25) is 14.2 Å². The van der Waals surface area contributed by atoms with Crippen LogP contribution in [0.25, 0.3) is 0 Å². The number of carbonyl (C=O) groups excluding carboxylic acids is 2. The third-order valence-electron chi connectivity index (χ3n) is 4.12. The average molecular weight is 404 g/mol. The van der Waals surface area contributed by atoms with Crippen molar-refractivity contribution in [3.05, 3.63) is 88.5 Å². The van der Waals surface area contributed by atoms with Gasteiger partial charge in [0.05, 0.1) is 5.56 Å². The average Bonchev–Trinajstić information content (AvgIpc) is 3.17. The number of rotatable bonds is 7. The number of benzene rings is 2. The fourth-order valence-electron chi connectivity index (χ4n) is 2.73. The lowest BCUT2D eigenvalue weighted by Crippen LogP contribution is -2.28. The van der Waals surface area contributed by atoms with Crippen LogP contribution in [0.1, 0.15) is 38.7 Å². The topological polar surface area (TPSA) is 64.0 Å². The Labute approximate surface area is 165 Å². The molecule has 0 aliphatic carbocycles. The molecule has 2 aromatic carbocycles. The molecule has 28 heavy (non-hydrogen) atoms. The lowest BCUT2D eigenvalue weighted by atomic mass is 9.98. The summed E-state index contributed by atoms with van der Waals surface area (Å²) in [7, 11) is 0. The molecule has 5 nitrogen and oxygen atoms in total. The maximum absolute atomic E-state index is 12.8. The van der Waals surface area contributed by atoms with Crippen molar-refractivity contribution in [2.75, 3.05) is 6.54 Å². The first-order valence-corrected chi connectivity index (χ1v) is 8.82. The van der Waals surface area contributed by atoms with Crippen LogP contribution in [-0.4, -0.2) is 27.8 Å². The van der Waals surface area contributed by atoms with Gasteiger partial charge in [0.15, 0.2) is 5.78 Å². The lowest BCUT2D eigenvalue weighted by molar-refractivity contribution is 0.0670. The summed E-state index contributed by atoms with van der Waals surface area (Å²) in [4.78, 5) is 29.2. The Morgan fingerprint density at radius 3 is 2.43 bits per heavy atom. The molecule has 0 aliphatic heterocycles. The molecule has 0 bridgehead atoms. The molecule has 0 atom stereocenters. The van der Waals surface area contributed by atoms with E-state index in [1.54, 1.807) is 48.5 Å². The van der Waals surface area contributed by atoms with Gasteiger partial charge in [0.2, 0.25) is 0 Å². The fourth-order valence-corrected chi connectivity index (χ4v) is 2.86. The standard InChI is InChI=1S/C20H16ClF2N3O2/c21-14-7-5-13(6-8-14)18(27)15-3-1-2-4-16(15)19(28)25-10-9-17-24-11-12-26(17)20(22)23/h1-8,11-12,20H,9-10H2,(H,25,28). The van der Waals surface area contributed by atoms with Gasteiger partial charge in [-0.05, 0) is 30.3 Å². The highest BCUT2D eigenvalue weighted by molar-refractivity contribution is 6.30. The number of nitrogens with zero attached hydrogens (tertiary/aromatic N) is 2. The van der Waals surface area contributed by atoms with E-state index < -0.39 is 12.5 Å². The SMILES string of the molecule is O=C(NCCc1nccn1C(F)F)c1ccccc1C(=O)c1ccc(Cl)cc1. The Hall–Kier alpha value is -3.06. The van der Waals surface area contributed by atoms with Crippen LogP contribution >= 0.6 is 11.6 Å². The molecule has 1 aromatic heterocycles. The van der Waals surface area contributed by atoms with Crippen molar-refractivity contribution in [2.24, 2.45) is 0 Å². The van der Waals surface area contributed by atoms with Gasteiger partial charge in [-0.25, -0.2) is 4.98 Å². The molecule has 1 heterocycles. The van der Waals surface area contributed by atoms with E-state index in [0.29, 0.717) is 10.6 Å². The Morgan fingerprint density at radius 1 is 1.07 bits per heavy atom. The molecule has 0 unspecified atom stereocenters. The van der Waals surface area contributed by atoms with Crippen LogP contribution in [0.4, 0.5) is 8.78 Å². The first-order valence-electron chi connectivity index (χ1n) is 8.44. The van der Waals surface area contributed by atoms with Gasteiger partial charge >= 0.3 is 6.55 Å². The fraction of sp³-hybridized carbons (Fsp3) is 0.150. The third-order valence-corrected chi connectivity index (χ3v) is 4.37.